The molecular weight excluding hydrogens is 431 g/mol. The lowest BCUT2D eigenvalue weighted by Gasteiger charge is -2.28. The van der Waals surface area contributed by atoms with Crippen molar-refractivity contribution in [2.45, 2.75) is 43.9 Å². The number of fused-ring (bicyclic) bond motifs is 1. The van der Waals surface area contributed by atoms with Crippen LogP contribution in [-0.2, 0) is 22.7 Å². The van der Waals surface area contributed by atoms with E-state index in [1.807, 2.05) is 0 Å². The van der Waals surface area contributed by atoms with E-state index >= 15 is 0 Å². The molecule has 0 saturated heterocycles. The number of sulfonamides is 1. The van der Waals surface area contributed by atoms with E-state index in [0.717, 1.165) is 22.5 Å². The van der Waals surface area contributed by atoms with Crippen LogP contribution in [0.1, 0.15) is 37.7 Å². The fraction of sp³-hybridized carbons (Fsp3) is 0.333. The van der Waals surface area contributed by atoms with Gasteiger partial charge in [0.05, 0.1) is 27.4 Å². The molecule has 0 saturated carbocycles. The second kappa shape index (κ2) is 8.43. The lowest BCUT2D eigenvalue weighted by molar-refractivity contribution is -0.137. The first-order chi connectivity index (χ1) is 14.5. The molecule has 0 N–H and O–H groups in total. The molecule has 2 aromatic carbocycles. The topological polar surface area (TPSA) is 72.3 Å². The maximum absolute atomic E-state index is 13.2. The van der Waals surface area contributed by atoms with Crippen molar-refractivity contribution in [1.82, 2.24) is 13.9 Å². The second-order valence-corrected chi connectivity index (χ2v) is 9.00. The minimum Gasteiger partial charge on any atom is -0.295 e. The quantitative estimate of drug-likeness (QED) is 0.561. The SMILES string of the molecule is CCC(c1nc2ccccc2c(=O)n1CC)N(C)S(=O)(=O)c1cccc(C(F)(F)F)c1. The molecule has 3 rings (SSSR count). The number of para-hydroxylation sites is 1. The van der Waals surface area contributed by atoms with Crippen LogP contribution in [0.5, 0.6) is 0 Å². The summed E-state index contributed by atoms with van der Waals surface area (Å²) in [4.78, 5) is 17.0. The minimum atomic E-state index is -4.67. The van der Waals surface area contributed by atoms with Crippen LogP contribution in [0.25, 0.3) is 10.9 Å². The van der Waals surface area contributed by atoms with E-state index in [-0.39, 0.29) is 24.3 Å². The monoisotopic (exact) mass is 453 g/mol. The van der Waals surface area contributed by atoms with Crippen LogP contribution in [0.15, 0.2) is 58.2 Å². The number of hydrogen-bond donors (Lipinski definition) is 0. The summed E-state index contributed by atoms with van der Waals surface area (Å²) in [6.45, 7) is 3.74. The summed E-state index contributed by atoms with van der Waals surface area (Å²) in [5.74, 6) is 0.242. The summed E-state index contributed by atoms with van der Waals surface area (Å²) in [6, 6.07) is 9.49. The maximum Gasteiger partial charge on any atom is 0.416 e. The fourth-order valence-electron chi connectivity index (χ4n) is 3.51. The van der Waals surface area contributed by atoms with Crippen LogP contribution in [0.2, 0.25) is 0 Å². The predicted molar refractivity (Wildman–Crippen MR) is 111 cm³/mol. The van der Waals surface area contributed by atoms with Crippen molar-refractivity contribution in [3.8, 4) is 0 Å². The molecule has 10 heteroatoms. The standard InChI is InChI=1S/C21H22F3N3O3S/c1-4-18(19-25-17-12-7-6-11-16(17)20(28)27(19)5-2)26(3)31(29,30)15-10-8-9-14(13-15)21(22,23)24/h6-13,18H,4-5H2,1-3H3. The Bertz CT molecular complexity index is 1270. The van der Waals surface area contributed by atoms with E-state index in [9.17, 15) is 26.4 Å². The molecule has 166 valence electrons. The van der Waals surface area contributed by atoms with Gasteiger partial charge in [0, 0.05) is 13.6 Å². The molecule has 0 amide bonds. The number of hydrogen-bond acceptors (Lipinski definition) is 4. The van der Waals surface area contributed by atoms with Gasteiger partial charge in [0.2, 0.25) is 10.0 Å². The van der Waals surface area contributed by atoms with Crippen molar-refractivity contribution in [2.24, 2.45) is 0 Å². The third-order valence-corrected chi connectivity index (χ3v) is 7.03. The van der Waals surface area contributed by atoms with Crippen molar-refractivity contribution >= 4 is 20.9 Å². The normalized spacial score (nSPS) is 13.6. The zero-order valence-electron chi connectivity index (χ0n) is 17.2. The van der Waals surface area contributed by atoms with Crippen LogP contribution >= 0.6 is 0 Å². The Balaban J connectivity index is 2.14. The van der Waals surface area contributed by atoms with E-state index in [1.165, 1.54) is 11.6 Å². The second-order valence-electron chi connectivity index (χ2n) is 7.01. The molecular formula is C21H22F3N3O3S. The first kappa shape index (κ1) is 23.0. The van der Waals surface area contributed by atoms with Gasteiger partial charge >= 0.3 is 6.18 Å². The molecule has 0 aliphatic carbocycles. The van der Waals surface area contributed by atoms with Crippen molar-refractivity contribution in [3.63, 3.8) is 0 Å². The van der Waals surface area contributed by atoms with Gasteiger partial charge in [0.25, 0.3) is 5.56 Å². The Hall–Kier alpha value is -2.72. The minimum absolute atomic E-state index is 0.242. The van der Waals surface area contributed by atoms with Crippen molar-refractivity contribution in [1.29, 1.82) is 0 Å². The van der Waals surface area contributed by atoms with Gasteiger partial charge in [0.1, 0.15) is 5.82 Å². The highest BCUT2D eigenvalue weighted by Crippen LogP contribution is 2.33. The highest BCUT2D eigenvalue weighted by Gasteiger charge is 2.35. The molecule has 6 nitrogen and oxygen atoms in total. The Kier molecular flexibility index (Phi) is 6.24. The van der Waals surface area contributed by atoms with E-state index in [0.29, 0.717) is 17.0 Å². The number of aromatic nitrogens is 2. The van der Waals surface area contributed by atoms with E-state index < -0.39 is 32.7 Å². The van der Waals surface area contributed by atoms with Crippen LogP contribution in [0, 0.1) is 0 Å². The predicted octanol–water partition coefficient (Wildman–Crippen LogP) is 4.21. The van der Waals surface area contributed by atoms with Gasteiger partial charge in [-0.15, -0.1) is 0 Å². The van der Waals surface area contributed by atoms with E-state index in [1.54, 1.807) is 38.1 Å². The van der Waals surface area contributed by atoms with Gasteiger partial charge in [-0.05, 0) is 43.7 Å². The third-order valence-electron chi connectivity index (χ3n) is 5.17. The van der Waals surface area contributed by atoms with Gasteiger partial charge in [-0.3, -0.25) is 9.36 Å². The molecule has 1 unspecified atom stereocenters. The Morgan fingerprint density at radius 2 is 1.77 bits per heavy atom. The lowest BCUT2D eigenvalue weighted by atomic mass is 10.1. The smallest absolute Gasteiger partial charge is 0.295 e. The van der Waals surface area contributed by atoms with Crippen molar-refractivity contribution < 1.29 is 21.6 Å². The molecule has 0 fully saturated rings. The van der Waals surface area contributed by atoms with Crippen molar-refractivity contribution in [2.75, 3.05) is 7.05 Å². The summed E-state index contributed by atoms with van der Waals surface area (Å²) in [7, 11) is -3.01. The molecule has 0 radical (unpaired) electrons. The number of nitrogens with zero attached hydrogens (tertiary/aromatic N) is 3. The fourth-order valence-corrected chi connectivity index (χ4v) is 4.95. The summed E-state index contributed by atoms with van der Waals surface area (Å²) in [5, 5.41) is 0.409. The maximum atomic E-state index is 13.2. The molecule has 1 atom stereocenters. The Morgan fingerprint density at radius 3 is 2.39 bits per heavy atom. The molecule has 1 aromatic heterocycles. The highest BCUT2D eigenvalue weighted by atomic mass is 32.2. The first-order valence-corrected chi connectivity index (χ1v) is 11.1. The Morgan fingerprint density at radius 1 is 1.10 bits per heavy atom. The van der Waals surface area contributed by atoms with E-state index in [2.05, 4.69) is 4.98 Å². The first-order valence-electron chi connectivity index (χ1n) is 9.67. The van der Waals surface area contributed by atoms with Gasteiger partial charge in [-0.2, -0.15) is 17.5 Å². The largest absolute Gasteiger partial charge is 0.416 e. The van der Waals surface area contributed by atoms with Crippen molar-refractivity contribution in [3.05, 3.63) is 70.3 Å². The molecule has 0 spiro atoms. The molecule has 0 aliphatic rings. The number of benzene rings is 2. The summed E-state index contributed by atoms with van der Waals surface area (Å²) < 4.78 is 68.0. The van der Waals surface area contributed by atoms with Gasteiger partial charge in [-0.1, -0.05) is 25.1 Å². The summed E-state index contributed by atoms with van der Waals surface area (Å²) >= 11 is 0. The van der Waals surface area contributed by atoms with Gasteiger partial charge in [0.15, 0.2) is 0 Å². The molecule has 3 aromatic rings. The average molecular weight is 453 g/mol. The summed E-state index contributed by atoms with van der Waals surface area (Å²) in [5.41, 5.74) is -0.925. The van der Waals surface area contributed by atoms with Gasteiger partial charge < -0.3 is 0 Å². The van der Waals surface area contributed by atoms with Crippen LogP contribution in [0.3, 0.4) is 0 Å². The van der Waals surface area contributed by atoms with Crippen LogP contribution in [0.4, 0.5) is 13.2 Å². The number of halogens is 3. The number of rotatable bonds is 6. The Labute approximate surface area is 178 Å². The molecule has 0 bridgehead atoms. The summed E-state index contributed by atoms with van der Waals surface area (Å²) in [6.07, 6.45) is -4.41. The molecule has 31 heavy (non-hydrogen) atoms. The molecule has 0 aliphatic heterocycles. The number of alkyl halides is 3. The average Bonchev–Trinajstić information content (AvgIpc) is 2.74. The third kappa shape index (κ3) is 4.22. The van der Waals surface area contributed by atoms with Crippen LogP contribution < -0.4 is 5.56 Å². The van der Waals surface area contributed by atoms with Gasteiger partial charge in [-0.25, -0.2) is 13.4 Å². The zero-order valence-corrected chi connectivity index (χ0v) is 18.0. The molecule has 1 heterocycles. The van der Waals surface area contributed by atoms with E-state index in [4.69, 9.17) is 0 Å². The zero-order chi connectivity index (χ0) is 23.0. The lowest BCUT2D eigenvalue weighted by Crippen LogP contribution is -2.36. The highest BCUT2D eigenvalue weighted by molar-refractivity contribution is 7.89. The van der Waals surface area contributed by atoms with Crippen LogP contribution in [-0.4, -0.2) is 29.3 Å².